The van der Waals surface area contributed by atoms with E-state index in [2.05, 4.69) is 23.3 Å². The molecule has 0 saturated heterocycles. The maximum Gasteiger partial charge on any atom is 0.213 e. The van der Waals surface area contributed by atoms with Crippen LogP contribution in [0.1, 0.15) is 24.6 Å². The minimum absolute atomic E-state index is 0.518. The van der Waals surface area contributed by atoms with Gasteiger partial charge in [-0.05, 0) is 31.5 Å². The molecule has 1 rings (SSSR count). The zero-order chi connectivity index (χ0) is 14.6. The monoisotopic (exact) mass is 282 g/mol. The van der Waals surface area contributed by atoms with Gasteiger partial charge in [-0.3, -0.25) is 0 Å². The summed E-state index contributed by atoms with van der Waals surface area (Å²) in [6, 6.07) is 4.04. The molecule has 5 heteroatoms. The van der Waals surface area contributed by atoms with E-state index in [9.17, 15) is 0 Å². The minimum Gasteiger partial charge on any atom is -0.475 e. The van der Waals surface area contributed by atoms with Crippen LogP contribution < -0.4 is 10.1 Å². The minimum atomic E-state index is 0.518. The Kier molecular flexibility index (Phi) is 8.95. The fraction of sp³-hybridized carbons (Fsp3) is 0.667. The molecule has 0 atom stereocenters. The molecule has 1 heterocycles. The summed E-state index contributed by atoms with van der Waals surface area (Å²) in [7, 11) is 1.69. The average molecular weight is 282 g/mol. The predicted octanol–water partition coefficient (Wildman–Crippen LogP) is 1.93. The van der Waals surface area contributed by atoms with Gasteiger partial charge in [-0.2, -0.15) is 0 Å². The van der Waals surface area contributed by atoms with Gasteiger partial charge in [0, 0.05) is 38.6 Å². The molecule has 0 saturated carbocycles. The van der Waals surface area contributed by atoms with E-state index in [-0.39, 0.29) is 0 Å². The number of aryl methyl sites for hydroxylation is 1. The van der Waals surface area contributed by atoms with Crippen LogP contribution in [0.5, 0.6) is 5.88 Å². The van der Waals surface area contributed by atoms with Crippen LogP contribution in [0.4, 0.5) is 0 Å². The molecule has 0 radical (unpaired) electrons. The molecule has 0 aliphatic carbocycles. The lowest BCUT2D eigenvalue weighted by atomic mass is 10.2. The Morgan fingerprint density at radius 2 is 2.00 bits per heavy atom. The molecule has 1 aromatic heterocycles. The zero-order valence-electron chi connectivity index (χ0n) is 12.8. The molecular formula is C15H26N2O3. The van der Waals surface area contributed by atoms with E-state index >= 15 is 0 Å². The van der Waals surface area contributed by atoms with Crippen LogP contribution in [0.15, 0.2) is 12.1 Å². The summed E-state index contributed by atoms with van der Waals surface area (Å²) >= 11 is 0. The smallest absolute Gasteiger partial charge is 0.213 e. The van der Waals surface area contributed by atoms with Crippen LogP contribution in [-0.2, 0) is 16.0 Å². The quantitative estimate of drug-likeness (QED) is 0.629. The van der Waals surface area contributed by atoms with Crippen molar-refractivity contribution in [1.29, 1.82) is 0 Å². The number of hydrogen-bond donors (Lipinski definition) is 1. The third kappa shape index (κ3) is 7.43. The van der Waals surface area contributed by atoms with Gasteiger partial charge < -0.3 is 19.5 Å². The number of methoxy groups -OCH3 is 1. The van der Waals surface area contributed by atoms with E-state index in [4.69, 9.17) is 14.2 Å². The molecular weight excluding hydrogens is 256 g/mol. The Hall–Kier alpha value is -1.17. The fourth-order valence-corrected chi connectivity index (χ4v) is 1.76. The zero-order valence-corrected chi connectivity index (χ0v) is 12.8. The first-order chi connectivity index (χ1) is 9.76. The Bertz CT molecular complexity index is 372. The molecule has 20 heavy (non-hydrogen) atoms. The van der Waals surface area contributed by atoms with Gasteiger partial charge in [0.25, 0.3) is 0 Å². The number of hydrogen-bond acceptors (Lipinski definition) is 5. The first-order valence-corrected chi connectivity index (χ1v) is 7.14. The molecule has 1 N–H and O–H groups in total. The van der Waals surface area contributed by atoms with Crippen molar-refractivity contribution in [3.63, 3.8) is 0 Å². The van der Waals surface area contributed by atoms with Gasteiger partial charge in [-0.15, -0.1) is 0 Å². The highest BCUT2D eigenvalue weighted by molar-refractivity contribution is 5.24. The third-order valence-electron chi connectivity index (χ3n) is 2.68. The number of pyridine rings is 1. The maximum absolute atomic E-state index is 5.62. The van der Waals surface area contributed by atoms with Crippen LogP contribution in [0, 0.1) is 6.92 Å². The predicted molar refractivity (Wildman–Crippen MR) is 79.2 cm³/mol. The van der Waals surface area contributed by atoms with Crippen molar-refractivity contribution in [3.05, 3.63) is 23.4 Å². The summed E-state index contributed by atoms with van der Waals surface area (Å²) in [5.41, 5.74) is 2.16. The molecule has 0 fully saturated rings. The molecule has 0 spiro atoms. The van der Waals surface area contributed by atoms with Gasteiger partial charge in [0.15, 0.2) is 0 Å². The summed E-state index contributed by atoms with van der Waals surface area (Å²) < 4.78 is 16.0. The second-order valence-corrected chi connectivity index (χ2v) is 4.54. The lowest BCUT2D eigenvalue weighted by molar-refractivity contribution is 0.0795. The van der Waals surface area contributed by atoms with Crippen LogP contribution in [0.3, 0.4) is 0 Å². The molecule has 0 amide bonds. The summed E-state index contributed by atoms with van der Waals surface area (Å²) in [6.07, 6.45) is 0.909. The molecule has 0 aliphatic heterocycles. The first-order valence-electron chi connectivity index (χ1n) is 7.14. The van der Waals surface area contributed by atoms with E-state index in [1.54, 1.807) is 7.11 Å². The summed E-state index contributed by atoms with van der Waals surface area (Å²) in [6.45, 7) is 8.37. The van der Waals surface area contributed by atoms with E-state index in [0.29, 0.717) is 25.7 Å². The van der Waals surface area contributed by atoms with Crippen molar-refractivity contribution >= 4 is 0 Å². The molecule has 0 aliphatic rings. The normalized spacial score (nSPS) is 10.8. The fourth-order valence-electron chi connectivity index (χ4n) is 1.76. The second kappa shape index (κ2) is 10.6. The van der Waals surface area contributed by atoms with Crippen molar-refractivity contribution < 1.29 is 14.2 Å². The Labute approximate surface area is 121 Å². The van der Waals surface area contributed by atoms with Gasteiger partial charge in [-0.25, -0.2) is 4.98 Å². The Morgan fingerprint density at radius 1 is 1.15 bits per heavy atom. The van der Waals surface area contributed by atoms with Crippen molar-refractivity contribution in [2.24, 2.45) is 0 Å². The summed E-state index contributed by atoms with van der Waals surface area (Å²) in [5, 5.41) is 3.30. The van der Waals surface area contributed by atoms with Crippen molar-refractivity contribution in [2.45, 2.75) is 26.8 Å². The summed E-state index contributed by atoms with van der Waals surface area (Å²) in [4.78, 5) is 4.36. The second-order valence-electron chi connectivity index (χ2n) is 4.54. The molecule has 1 aromatic rings. The van der Waals surface area contributed by atoms with Crippen LogP contribution >= 0.6 is 0 Å². The van der Waals surface area contributed by atoms with Gasteiger partial charge in [0.05, 0.1) is 6.61 Å². The average Bonchev–Trinajstić information content (AvgIpc) is 2.43. The van der Waals surface area contributed by atoms with E-state index in [0.717, 1.165) is 31.8 Å². The molecule has 0 aromatic carbocycles. The maximum atomic E-state index is 5.62. The molecule has 114 valence electrons. The first kappa shape index (κ1) is 16.9. The van der Waals surface area contributed by atoms with Gasteiger partial charge in [0.1, 0.15) is 6.61 Å². The Balaban J connectivity index is 2.26. The number of rotatable bonds is 11. The van der Waals surface area contributed by atoms with E-state index < -0.39 is 0 Å². The van der Waals surface area contributed by atoms with Crippen molar-refractivity contribution in [3.8, 4) is 5.88 Å². The number of aromatic nitrogens is 1. The van der Waals surface area contributed by atoms with Gasteiger partial charge in [-0.1, -0.05) is 6.92 Å². The van der Waals surface area contributed by atoms with E-state index in [1.807, 2.05) is 13.0 Å². The molecule has 0 bridgehead atoms. The SMILES string of the molecule is CCNCc1cc(C)nc(OCCOCCCOC)c1. The largest absolute Gasteiger partial charge is 0.475 e. The van der Waals surface area contributed by atoms with Crippen molar-refractivity contribution in [1.82, 2.24) is 10.3 Å². The number of nitrogens with zero attached hydrogens (tertiary/aromatic N) is 1. The third-order valence-corrected chi connectivity index (χ3v) is 2.68. The summed E-state index contributed by atoms with van der Waals surface area (Å²) in [5.74, 6) is 0.665. The van der Waals surface area contributed by atoms with Gasteiger partial charge in [0.2, 0.25) is 5.88 Å². The van der Waals surface area contributed by atoms with Crippen molar-refractivity contribution in [2.75, 3.05) is 40.1 Å². The molecule has 5 nitrogen and oxygen atoms in total. The lowest BCUT2D eigenvalue weighted by Gasteiger charge is -2.09. The highest BCUT2D eigenvalue weighted by atomic mass is 16.5. The standard InChI is InChI=1S/C15H26N2O3/c1-4-16-12-14-10-13(2)17-15(11-14)20-9-8-19-7-5-6-18-3/h10-11,16H,4-9,12H2,1-3H3. The van der Waals surface area contributed by atoms with Crippen LogP contribution in [0.2, 0.25) is 0 Å². The van der Waals surface area contributed by atoms with Crippen LogP contribution in [0.25, 0.3) is 0 Å². The number of nitrogens with one attached hydrogen (secondary N) is 1. The lowest BCUT2D eigenvalue weighted by Crippen LogP contribution is -2.13. The Morgan fingerprint density at radius 3 is 2.75 bits per heavy atom. The highest BCUT2D eigenvalue weighted by Crippen LogP contribution is 2.12. The van der Waals surface area contributed by atoms with Crippen LogP contribution in [-0.4, -0.2) is 45.1 Å². The molecule has 0 unspecified atom stereocenters. The topological polar surface area (TPSA) is 52.6 Å². The van der Waals surface area contributed by atoms with E-state index in [1.165, 1.54) is 5.56 Å². The highest BCUT2D eigenvalue weighted by Gasteiger charge is 2.01. The number of ether oxygens (including phenoxy) is 3. The van der Waals surface area contributed by atoms with Gasteiger partial charge >= 0.3 is 0 Å².